The molecule has 0 aliphatic heterocycles. The van der Waals surface area contributed by atoms with Crippen LogP contribution >= 0.6 is 23.5 Å². The fourth-order valence-corrected chi connectivity index (χ4v) is 1.25. The smallest absolute Gasteiger partial charge is 0.303 e. The zero-order chi connectivity index (χ0) is 12.2. The minimum atomic E-state index is -5.05. The van der Waals surface area contributed by atoms with Gasteiger partial charge in [0, 0.05) is 17.1 Å². The van der Waals surface area contributed by atoms with Gasteiger partial charge in [-0.15, -0.1) is 0 Å². The molecular formula is H9FeMgO11P3. The summed E-state index contributed by atoms with van der Waals surface area (Å²) < 4.78 is 31.1. The van der Waals surface area contributed by atoms with Crippen LogP contribution in [0, 0.1) is 0 Å². The molecule has 0 fully saturated rings. The Morgan fingerprint density at radius 1 is 0.688 bits per heavy atom. The van der Waals surface area contributed by atoms with Gasteiger partial charge in [0.15, 0.2) is 0 Å². The molecule has 100 valence electrons. The minimum Gasteiger partial charge on any atom is -0.303 e. The Bertz CT molecular complexity index is 264. The molecule has 16 heteroatoms. The van der Waals surface area contributed by atoms with Crippen molar-refractivity contribution in [1.82, 2.24) is 0 Å². The third-order valence-corrected chi connectivity index (χ3v) is 1.91. The van der Waals surface area contributed by atoms with Gasteiger partial charge in [-0.1, -0.05) is 0 Å². The van der Waals surface area contributed by atoms with Crippen LogP contribution in [-0.2, 0) is 35.1 Å². The third-order valence-electron chi connectivity index (χ3n) is 0.213. The number of hydrogen-bond donors (Lipinski definition) is 7. The van der Waals surface area contributed by atoms with E-state index in [4.69, 9.17) is 38.8 Å². The van der Waals surface area contributed by atoms with E-state index in [9.17, 15) is 9.13 Å². The van der Waals surface area contributed by atoms with Crippen molar-refractivity contribution in [3.05, 3.63) is 0 Å². The summed E-state index contributed by atoms with van der Waals surface area (Å²) in [6, 6.07) is 0. The zero-order valence-electron chi connectivity index (χ0n) is 6.46. The SMILES string of the molecule is O=P(O)(O)O.O=P(O)(O)OP(=O)(O)O.[Fe].[MgH2]. The maximum Gasteiger partial charge on any atom is 0.478 e. The fraction of sp³-hybridized carbons (Fsp3) is 0. The van der Waals surface area contributed by atoms with Crippen molar-refractivity contribution in [2.24, 2.45) is 0 Å². The molecule has 11 nitrogen and oxygen atoms in total. The molecule has 0 atom stereocenters. The molecule has 0 aromatic rings. The summed E-state index contributed by atoms with van der Waals surface area (Å²) in [6.07, 6.45) is 0. The van der Waals surface area contributed by atoms with Crippen LogP contribution in [0.5, 0.6) is 0 Å². The molecule has 0 aromatic carbocycles. The van der Waals surface area contributed by atoms with Crippen molar-refractivity contribution in [3.8, 4) is 0 Å². The summed E-state index contributed by atoms with van der Waals surface area (Å²) in [5, 5.41) is 0. The average molecular weight is 358 g/mol. The Morgan fingerprint density at radius 3 is 0.812 bits per heavy atom. The third kappa shape index (κ3) is 57.4. The Balaban J connectivity index is -0.0000000904. The van der Waals surface area contributed by atoms with E-state index in [1.807, 2.05) is 0 Å². The predicted molar refractivity (Wildman–Crippen MR) is 48.0 cm³/mol. The molecule has 7 N–H and O–H groups in total. The molecule has 0 spiro atoms. The van der Waals surface area contributed by atoms with E-state index in [0.29, 0.717) is 0 Å². The van der Waals surface area contributed by atoms with Crippen molar-refractivity contribution in [1.29, 1.82) is 0 Å². The van der Waals surface area contributed by atoms with Crippen molar-refractivity contribution in [3.63, 3.8) is 0 Å². The molecule has 0 aromatic heterocycles. The topological polar surface area (TPSA) is 202 Å². The predicted octanol–water partition coefficient (Wildman–Crippen LogP) is -2.66. The Hall–Kier alpha value is 1.66. The molecule has 0 unspecified atom stereocenters. The van der Waals surface area contributed by atoms with E-state index in [0.717, 1.165) is 0 Å². The summed E-state index contributed by atoms with van der Waals surface area (Å²) in [6.45, 7) is 0. The molecule has 0 bridgehead atoms. The maximum atomic E-state index is 9.63. The maximum absolute atomic E-state index is 9.63. The first-order chi connectivity index (χ1) is 5.71. The van der Waals surface area contributed by atoms with E-state index < -0.39 is 23.5 Å². The molecule has 0 radical (unpaired) electrons. The largest absolute Gasteiger partial charge is 0.478 e. The van der Waals surface area contributed by atoms with E-state index in [1.54, 1.807) is 0 Å². The van der Waals surface area contributed by atoms with Crippen LogP contribution < -0.4 is 0 Å². The van der Waals surface area contributed by atoms with Crippen LogP contribution in [0.4, 0.5) is 0 Å². The second-order valence-corrected chi connectivity index (χ2v) is 5.22. The van der Waals surface area contributed by atoms with E-state index in [1.165, 1.54) is 0 Å². The van der Waals surface area contributed by atoms with E-state index in [-0.39, 0.29) is 40.1 Å². The standard InChI is InChI=1S/Fe.Mg.H4O7P2.H3O4P.2H/c;;1-8(2,3)7-9(4,5)6;1-5(2,3)4;;/h;;(H2,1,2,3)(H2,4,5,6);(H3,1,2,3,4);;. The summed E-state index contributed by atoms with van der Waals surface area (Å²) in [7, 11) is -14.7. The quantitative estimate of drug-likeness (QED) is 0.200. The van der Waals surface area contributed by atoms with Gasteiger partial charge in [0.25, 0.3) is 0 Å². The van der Waals surface area contributed by atoms with Gasteiger partial charge in [-0.05, 0) is 0 Å². The summed E-state index contributed by atoms with van der Waals surface area (Å²) >= 11 is 0. The number of hydrogen-bond acceptors (Lipinski definition) is 4. The first-order valence-electron chi connectivity index (χ1n) is 2.31. The second kappa shape index (κ2) is 9.57. The van der Waals surface area contributed by atoms with Gasteiger partial charge in [-0.25, -0.2) is 13.7 Å². The zero-order valence-corrected chi connectivity index (χ0v) is 10.2. The fourth-order valence-electron chi connectivity index (χ4n) is 0.139. The molecule has 0 rings (SSSR count). The van der Waals surface area contributed by atoms with Crippen LogP contribution in [0.3, 0.4) is 0 Å². The van der Waals surface area contributed by atoms with Gasteiger partial charge >= 0.3 is 46.5 Å². The van der Waals surface area contributed by atoms with Crippen LogP contribution in [0.1, 0.15) is 0 Å². The Morgan fingerprint density at radius 2 is 0.812 bits per heavy atom. The minimum absolute atomic E-state index is 0. The van der Waals surface area contributed by atoms with Gasteiger partial charge in [-0.2, -0.15) is 4.31 Å². The van der Waals surface area contributed by atoms with Gasteiger partial charge in [0.05, 0.1) is 0 Å². The van der Waals surface area contributed by atoms with Crippen LogP contribution in [0.25, 0.3) is 0 Å². The summed E-state index contributed by atoms with van der Waals surface area (Å²) in [5.41, 5.74) is 0. The van der Waals surface area contributed by atoms with Gasteiger partial charge < -0.3 is 34.3 Å². The first kappa shape index (κ1) is 26.3. The molecule has 0 heterocycles. The van der Waals surface area contributed by atoms with Crippen molar-refractivity contribution in [2.45, 2.75) is 0 Å². The Kier molecular flexibility index (Phi) is 15.7. The number of rotatable bonds is 2. The monoisotopic (exact) mass is 358 g/mol. The molecule has 0 amide bonds. The van der Waals surface area contributed by atoms with Gasteiger partial charge in [0.2, 0.25) is 0 Å². The molecule has 0 aliphatic carbocycles. The molecule has 0 saturated heterocycles. The van der Waals surface area contributed by atoms with E-state index in [2.05, 4.69) is 4.31 Å². The van der Waals surface area contributed by atoms with Gasteiger partial charge in [0.1, 0.15) is 0 Å². The molecular weight excluding hydrogens is 349 g/mol. The van der Waals surface area contributed by atoms with Crippen LogP contribution in [0.15, 0.2) is 0 Å². The molecule has 0 aliphatic rings. The van der Waals surface area contributed by atoms with Crippen LogP contribution in [0.2, 0.25) is 0 Å². The normalized spacial score (nSPS) is 11.4. The van der Waals surface area contributed by atoms with Crippen molar-refractivity contribution < 1.29 is 69.3 Å². The molecule has 16 heavy (non-hydrogen) atoms. The van der Waals surface area contributed by atoms with Gasteiger partial charge in [-0.3, -0.25) is 0 Å². The second-order valence-electron chi connectivity index (χ2n) is 1.58. The van der Waals surface area contributed by atoms with E-state index >= 15 is 0 Å². The molecule has 0 saturated carbocycles. The average Bonchev–Trinajstić information content (AvgIpc) is 1.42. The van der Waals surface area contributed by atoms with Crippen LogP contribution in [-0.4, -0.2) is 57.3 Å². The summed E-state index contributed by atoms with van der Waals surface area (Å²) in [4.78, 5) is 52.6. The van der Waals surface area contributed by atoms with Crippen molar-refractivity contribution >= 4 is 46.5 Å². The first-order valence-corrected chi connectivity index (χ1v) is 6.94. The van der Waals surface area contributed by atoms with Crippen molar-refractivity contribution in [2.75, 3.05) is 0 Å². The Labute approximate surface area is 116 Å². The number of phosphoric acid groups is 3. The summed E-state index contributed by atoms with van der Waals surface area (Å²) in [5.74, 6) is 0.